The van der Waals surface area contributed by atoms with Gasteiger partial charge < -0.3 is 30.1 Å². The Morgan fingerprint density at radius 3 is 2.79 bits per heavy atom. The first-order chi connectivity index (χ1) is 18.2. The minimum atomic E-state index is -0.869. The molecule has 38 heavy (non-hydrogen) atoms. The molecule has 2 aliphatic heterocycles. The first-order valence-electron chi connectivity index (χ1n) is 13.6. The fourth-order valence-corrected chi connectivity index (χ4v) is 5.15. The van der Waals surface area contributed by atoms with Gasteiger partial charge in [-0.2, -0.15) is 0 Å². The summed E-state index contributed by atoms with van der Waals surface area (Å²) in [6.07, 6.45) is -0.538. The van der Waals surface area contributed by atoms with Gasteiger partial charge >= 0.3 is 0 Å². The van der Waals surface area contributed by atoms with Gasteiger partial charge in [0.2, 0.25) is 0 Å². The lowest BCUT2D eigenvalue weighted by molar-refractivity contribution is 0.0776. The maximum absolute atomic E-state index is 13.8. The van der Waals surface area contributed by atoms with Crippen LogP contribution in [0.25, 0.3) is 11.4 Å². The Balaban J connectivity index is 1.64. The molecule has 3 N–H and O–H groups in total. The molecule has 9 nitrogen and oxygen atoms in total. The van der Waals surface area contributed by atoms with Crippen LogP contribution in [0.2, 0.25) is 0 Å². The van der Waals surface area contributed by atoms with E-state index in [0.717, 1.165) is 55.4 Å². The fraction of sp³-hybridized carbons (Fsp3) is 0.643. The third-order valence-corrected chi connectivity index (χ3v) is 7.21. The van der Waals surface area contributed by atoms with Crippen LogP contribution in [0.1, 0.15) is 32.8 Å². The molecule has 1 aromatic carbocycles. The molecular weight excluding hydrogens is 487 g/mol. The number of aliphatic hydroxyl groups is 1. The van der Waals surface area contributed by atoms with Crippen molar-refractivity contribution >= 4 is 11.6 Å². The van der Waals surface area contributed by atoms with Crippen LogP contribution in [0.3, 0.4) is 0 Å². The van der Waals surface area contributed by atoms with Crippen molar-refractivity contribution in [1.82, 2.24) is 20.2 Å². The summed E-state index contributed by atoms with van der Waals surface area (Å²) >= 11 is 0. The number of rotatable bonds is 11. The summed E-state index contributed by atoms with van der Waals surface area (Å²) in [6.45, 7) is 12.7. The van der Waals surface area contributed by atoms with E-state index in [2.05, 4.69) is 41.2 Å². The predicted octanol–water partition coefficient (Wildman–Crippen LogP) is 2.87. The standard InChI is InChI=1S/C28H43FN6O3/c1-19(29)15-35-11-10-34(18-28(35,3)4)27-20(2)25(31-22-9-12-37-16-22)32-26(33-27)21-7-6-8-24(13-21)38-17-23(36)14-30-5/h6-8,13,19,22-23,30,36H,9-12,14-18H2,1-5H3,(H,31,32,33). The maximum Gasteiger partial charge on any atom is 0.164 e. The second-order valence-corrected chi connectivity index (χ2v) is 11.1. The average molecular weight is 531 g/mol. The molecule has 0 aliphatic carbocycles. The SMILES string of the molecule is CNCC(O)COc1cccc(-c2nc(NC3CCOC3)c(C)c(N3CCN(CC(C)F)C(C)(C)C3)n2)c1. The second-order valence-electron chi connectivity index (χ2n) is 11.1. The van der Waals surface area contributed by atoms with Crippen LogP contribution in [0.5, 0.6) is 5.75 Å². The first-order valence-corrected chi connectivity index (χ1v) is 13.6. The quantitative estimate of drug-likeness (QED) is 0.405. The minimum Gasteiger partial charge on any atom is -0.491 e. The molecule has 2 aliphatic rings. The zero-order valence-electron chi connectivity index (χ0n) is 23.3. The van der Waals surface area contributed by atoms with Gasteiger partial charge in [-0.1, -0.05) is 12.1 Å². The molecule has 210 valence electrons. The molecule has 2 aromatic rings. The van der Waals surface area contributed by atoms with E-state index in [9.17, 15) is 9.50 Å². The van der Waals surface area contributed by atoms with Crippen LogP contribution in [0.15, 0.2) is 24.3 Å². The maximum atomic E-state index is 13.8. The monoisotopic (exact) mass is 530 g/mol. The number of anilines is 2. The number of nitrogens with one attached hydrogen (secondary N) is 2. The highest BCUT2D eigenvalue weighted by molar-refractivity contribution is 5.67. The van der Waals surface area contributed by atoms with Crippen molar-refractivity contribution in [3.63, 3.8) is 0 Å². The van der Waals surface area contributed by atoms with Crippen molar-refractivity contribution in [3.8, 4) is 17.1 Å². The third kappa shape index (κ3) is 7.11. The van der Waals surface area contributed by atoms with Crippen LogP contribution < -0.4 is 20.3 Å². The van der Waals surface area contributed by atoms with Crippen LogP contribution in [-0.4, -0.2) is 103 Å². The Labute approximate surface area is 225 Å². The van der Waals surface area contributed by atoms with E-state index in [4.69, 9.17) is 19.4 Å². The van der Waals surface area contributed by atoms with Gasteiger partial charge in [-0.25, -0.2) is 14.4 Å². The van der Waals surface area contributed by atoms with Gasteiger partial charge in [-0.05, 0) is 53.3 Å². The van der Waals surface area contributed by atoms with Gasteiger partial charge in [0.15, 0.2) is 5.82 Å². The number of hydrogen-bond donors (Lipinski definition) is 3. The molecular formula is C28H43FN6O3. The van der Waals surface area contributed by atoms with Crippen molar-refractivity contribution in [2.75, 3.05) is 69.8 Å². The third-order valence-electron chi connectivity index (χ3n) is 7.21. The second kappa shape index (κ2) is 12.5. The van der Waals surface area contributed by atoms with Gasteiger partial charge in [-0.3, -0.25) is 4.90 Å². The molecule has 4 rings (SSSR count). The molecule has 3 atom stereocenters. The van der Waals surface area contributed by atoms with Gasteiger partial charge in [-0.15, -0.1) is 0 Å². The Bertz CT molecular complexity index is 1060. The highest BCUT2D eigenvalue weighted by Crippen LogP contribution is 2.33. The van der Waals surface area contributed by atoms with Gasteiger partial charge in [0.05, 0.1) is 12.6 Å². The van der Waals surface area contributed by atoms with Crippen molar-refractivity contribution in [2.45, 2.75) is 58.0 Å². The van der Waals surface area contributed by atoms with E-state index in [1.165, 1.54) is 0 Å². The lowest BCUT2D eigenvalue weighted by Crippen LogP contribution is -2.60. The zero-order chi connectivity index (χ0) is 27.3. The van der Waals surface area contributed by atoms with E-state index < -0.39 is 12.3 Å². The van der Waals surface area contributed by atoms with Crippen molar-refractivity contribution in [2.24, 2.45) is 0 Å². The summed E-state index contributed by atoms with van der Waals surface area (Å²) in [5.74, 6) is 2.94. The van der Waals surface area contributed by atoms with E-state index >= 15 is 0 Å². The van der Waals surface area contributed by atoms with Crippen LogP contribution in [0, 0.1) is 6.92 Å². The largest absolute Gasteiger partial charge is 0.491 e. The number of aliphatic hydroxyl groups excluding tert-OH is 1. The molecule has 0 bridgehead atoms. The Hall–Kier alpha value is -2.53. The summed E-state index contributed by atoms with van der Waals surface area (Å²) in [5.41, 5.74) is 1.62. The molecule has 3 unspecified atom stereocenters. The van der Waals surface area contributed by atoms with Crippen LogP contribution >= 0.6 is 0 Å². The normalized spacial score (nSPS) is 21.3. The number of halogens is 1. The molecule has 0 radical (unpaired) electrons. The molecule has 3 heterocycles. The van der Waals surface area contributed by atoms with Crippen LogP contribution in [0.4, 0.5) is 16.0 Å². The molecule has 0 amide bonds. The summed E-state index contributed by atoms with van der Waals surface area (Å²) in [4.78, 5) is 14.5. The number of nitrogens with zero attached hydrogens (tertiary/aromatic N) is 4. The lowest BCUT2D eigenvalue weighted by atomic mass is 9.98. The number of aromatic nitrogens is 2. The lowest BCUT2D eigenvalue weighted by Gasteiger charge is -2.48. The minimum absolute atomic E-state index is 0.190. The molecule has 0 saturated carbocycles. The van der Waals surface area contributed by atoms with Crippen molar-refractivity contribution in [3.05, 3.63) is 29.8 Å². The topological polar surface area (TPSA) is 95.0 Å². The van der Waals surface area contributed by atoms with E-state index in [1.807, 2.05) is 24.3 Å². The van der Waals surface area contributed by atoms with Crippen molar-refractivity contribution < 1.29 is 19.0 Å². The van der Waals surface area contributed by atoms with Gasteiger partial charge in [0.1, 0.15) is 36.3 Å². The number of ether oxygens (including phenoxy) is 2. The highest BCUT2D eigenvalue weighted by Gasteiger charge is 2.36. The zero-order valence-corrected chi connectivity index (χ0v) is 23.3. The molecule has 2 fully saturated rings. The summed E-state index contributed by atoms with van der Waals surface area (Å²) in [6, 6.07) is 7.86. The Morgan fingerprint density at radius 2 is 2.11 bits per heavy atom. The first kappa shape index (κ1) is 28.5. The van der Waals surface area contributed by atoms with Gasteiger partial charge in [0, 0.05) is 56.0 Å². The van der Waals surface area contributed by atoms with Gasteiger partial charge in [0.25, 0.3) is 0 Å². The average Bonchev–Trinajstić information content (AvgIpc) is 3.38. The molecule has 1 aromatic heterocycles. The smallest absolute Gasteiger partial charge is 0.164 e. The number of likely N-dealkylation sites (N-methyl/N-ethyl adjacent to an activating group) is 1. The van der Waals surface area contributed by atoms with E-state index in [0.29, 0.717) is 31.3 Å². The molecule has 0 spiro atoms. The summed E-state index contributed by atoms with van der Waals surface area (Å²) < 4.78 is 25.3. The Kier molecular flexibility index (Phi) is 9.40. The molecule has 2 saturated heterocycles. The number of hydrogen-bond acceptors (Lipinski definition) is 9. The predicted molar refractivity (Wildman–Crippen MR) is 149 cm³/mol. The van der Waals surface area contributed by atoms with Crippen LogP contribution in [-0.2, 0) is 4.74 Å². The van der Waals surface area contributed by atoms with E-state index in [1.54, 1.807) is 14.0 Å². The van der Waals surface area contributed by atoms with E-state index in [-0.39, 0.29) is 18.2 Å². The number of benzene rings is 1. The summed E-state index contributed by atoms with van der Waals surface area (Å²) in [5, 5.41) is 16.6. The fourth-order valence-electron chi connectivity index (χ4n) is 5.15. The molecule has 10 heteroatoms. The number of piperazine rings is 1. The van der Waals surface area contributed by atoms with Crippen molar-refractivity contribution in [1.29, 1.82) is 0 Å². The highest BCUT2D eigenvalue weighted by atomic mass is 19.1. The number of alkyl halides is 1. The Morgan fingerprint density at radius 1 is 1.29 bits per heavy atom. The summed E-state index contributed by atoms with van der Waals surface area (Å²) in [7, 11) is 1.79.